The second-order valence-electron chi connectivity index (χ2n) is 5.53. The van der Waals surface area contributed by atoms with Crippen LogP contribution in [-0.4, -0.2) is 14.8 Å². The van der Waals surface area contributed by atoms with E-state index in [1.165, 1.54) is 16.0 Å². The molecule has 0 unspecified atom stereocenters. The minimum absolute atomic E-state index is 0.200. The van der Waals surface area contributed by atoms with E-state index < -0.39 is 0 Å². The van der Waals surface area contributed by atoms with Crippen molar-refractivity contribution in [1.29, 1.82) is 5.26 Å². The monoisotopic (exact) mass is 360 g/mol. The van der Waals surface area contributed by atoms with Gasteiger partial charge in [-0.15, -0.1) is 16.4 Å². The number of para-hydroxylation sites is 1. The first-order valence-corrected chi connectivity index (χ1v) is 8.63. The van der Waals surface area contributed by atoms with Gasteiger partial charge in [0.15, 0.2) is 0 Å². The van der Waals surface area contributed by atoms with E-state index in [-0.39, 0.29) is 5.56 Å². The number of ether oxygens (including phenoxy) is 1. The molecule has 0 radical (unpaired) electrons. The van der Waals surface area contributed by atoms with E-state index in [0.29, 0.717) is 27.3 Å². The SMILES string of the molecule is Cn1nc(Oc2ccccc2C#N)c2scc(-c3ccncc3)c2c1=O. The van der Waals surface area contributed by atoms with E-state index in [0.717, 1.165) is 11.1 Å². The highest BCUT2D eigenvalue weighted by Crippen LogP contribution is 2.37. The Morgan fingerprint density at radius 2 is 1.96 bits per heavy atom. The lowest BCUT2D eigenvalue weighted by Crippen LogP contribution is -2.19. The van der Waals surface area contributed by atoms with E-state index in [4.69, 9.17) is 4.74 Å². The van der Waals surface area contributed by atoms with Crippen LogP contribution >= 0.6 is 11.3 Å². The van der Waals surface area contributed by atoms with Gasteiger partial charge in [-0.3, -0.25) is 9.78 Å². The van der Waals surface area contributed by atoms with E-state index in [9.17, 15) is 10.1 Å². The number of hydrogen-bond acceptors (Lipinski definition) is 6. The van der Waals surface area contributed by atoms with E-state index in [1.54, 1.807) is 43.7 Å². The Bertz CT molecular complexity index is 1210. The summed E-state index contributed by atoms with van der Waals surface area (Å²) in [5.74, 6) is 0.705. The minimum atomic E-state index is -0.200. The predicted octanol–water partition coefficient (Wildman–Crippen LogP) is 3.72. The molecule has 0 bridgehead atoms. The van der Waals surface area contributed by atoms with Gasteiger partial charge < -0.3 is 4.74 Å². The molecule has 4 aromatic rings. The van der Waals surface area contributed by atoms with E-state index in [1.807, 2.05) is 17.5 Å². The van der Waals surface area contributed by atoms with Gasteiger partial charge in [-0.2, -0.15) is 5.26 Å². The molecule has 0 saturated carbocycles. The Labute approximate surface area is 152 Å². The average molecular weight is 360 g/mol. The van der Waals surface area contributed by atoms with Crippen molar-refractivity contribution in [1.82, 2.24) is 14.8 Å². The zero-order chi connectivity index (χ0) is 18.1. The van der Waals surface area contributed by atoms with Crippen LogP contribution in [0.4, 0.5) is 0 Å². The van der Waals surface area contributed by atoms with Crippen molar-refractivity contribution in [3.05, 3.63) is 70.1 Å². The van der Waals surface area contributed by atoms with Crippen molar-refractivity contribution in [2.75, 3.05) is 0 Å². The summed E-state index contributed by atoms with van der Waals surface area (Å²) < 4.78 is 7.80. The molecule has 7 heteroatoms. The molecule has 0 aliphatic rings. The summed E-state index contributed by atoms with van der Waals surface area (Å²) in [6.45, 7) is 0. The normalized spacial score (nSPS) is 10.6. The Morgan fingerprint density at radius 1 is 1.19 bits per heavy atom. The number of rotatable bonds is 3. The summed E-state index contributed by atoms with van der Waals surface area (Å²) in [6, 6.07) is 12.7. The lowest BCUT2D eigenvalue weighted by atomic mass is 10.1. The van der Waals surface area contributed by atoms with Crippen molar-refractivity contribution in [2.45, 2.75) is 0 Å². The fourth-order valence-electron chi connectivity index (χ4n) is 2.68. The molecule has 0 saturated heterocycles. The third kappa shape index (κ3) is 2.62. The van der Waals surface area contributed by atoms with Gasteiger partial charge in [0.25, 0.3) is 11.4 Å². The van der Waals surface area contributed by atoms with Gasteiger partial charge in [-0.1, -0.05) is 12.1 Å². The summed E-state index contributed by atoms with van der Waals surface area (Å²) >= 11 is 1.39. The molecule has 26 heavy (non-hydrogen) atoms. The molecule has 0 aliphatic carbocycles. The number of hydrogen-bond donors (Lipinski definition) is 0. The van der Waals surface area contributed by atoms with Gasteiger partial charge in [0.05, 0.1) is 10.9 Å². The van der Waals surface area contributed by atoms with E-state index >= 15 is 0 Å². The number of thiophene rings is 1. The summed E-state index contributed by atoms with van der Waals surface area (Å²) in [5, 5.41) is 16.0. The van der Waals surface area contributed by atoms with Gasteiger partial charge in [0.1, 0.15) is 16.5 Å². The Kier molecular flexibility index (Phi) is 3.95. The molecule has 3 aromatic heterocycles. The molecule has 0 spiro atoms. The van der Waals surface area contributed by atoms with Crippen molar-refractivity contribution in [3.63, 3.8) is 0 Å². The first kappa shape index (κ1) is 16.0. The number of nitrogens with zero attached hydrogens (tertiary/aromatic N) is 4. The van der Waals surface area contributed by atoms with Crippen LogP contribution in [0.1, 0.15) is 5.56 Å². The molecule has 6 nitrogen and oxygen atoms in total. The maximum absolute atomic E-state index is 12.7. The van der Waals surface area contributed by atoms with Crippen LogP contribution in [0.3, 0.4) is 0 Å². The number of fused-ring (bicyclic) bond motifs is 1. The second kappa shape index (κ2) is 6.43. The van der Waals surface area contributed by atoms with Gasteiger partial charge in [0.2, 0.25) is 0 Å². The molecular weight excluding hydrogens is 348 g/mol. The number of aryl methyl sites for hydroxylation is 1. The molecule has 4 rings (SSSR count). The topological polar surface area (TPSA) is 80.8 Å². The molecule has 3 heterocycles. The lowest BCUT2D eigenvalue weighted by Gasteiger charge is -2.09. The van der Waals surface area contributed by atoms with Gasteiger partial charge >= 0.3 is 0 Å². The first-order chi connectivity index (χ1) is 12.7. The fraction of sp³-hybridized carbons (Fsp3) is 0.0526. The number of pyridine rings is 1. The maximum Gasteiger partial charge on any atom is 0.276 e. The Morgan fingerprint density at radius 3 is 2.73 bits per heavy atom. The molecule has 0 N–H and O–H groups in total. The Hall–Kier alpha value is -3.50. The summed E-state index contributed by atoms with van der Waals surface area (Å²) in [4.78, 5) is 16.7. The van der Waals surface area contributed by atoms with Crippen molar-refractivity contribution in [3.8, 4) is 28.8 Å². The number of aromatic nitrogens is 3. The van der Waals surface area contributed by atoms with E-state index in [2.05, 4.69) is 16.2 Å². The quantitative estimate of drug-likeness (QED) is 0.556. The van der Waals surface area contributed by atoms with Crippen LogP contribution < -0.4 is 10.3 Å². The molecule has 1 aromatic carbocycles. The lowest BCUT2D eigenvalue weighted by molar-refractivity contribution is 0.447. The van der Waals surface area contributed by atoms with Gasteiger partial charge in [-0.05, 0) is 29.8 Å². The molecule has 0 fully saturated rings. The largest absolute Gasteiger partial charge is 0.435 e. The zero-order valence-corrected chi connectivity index (χ0v) is 14.5. The highest BCUT2D eigenvalue weighted by atomic mass is 32.1. The highest BCUT2D eigenvalue weighted by molar-refractivity contribution is 7.18. The van der Waals surface area contributed by atoms with Crippen LogP contribution in [-0.2, 0) is 7.05 Å². The number of nitriles is 1. The summed E-state index contributed by atoms with van der Waals surface area (Å²) in [6.07, 6.45) is 3.37. The average Bonchev–Trinajstić information content (AvgIpc) is 3.12. The zero-order valence-electron chi connectivity index (χ0n) is 13.7. The third-order valence-corrected chi connectivity index (χ3v) is 4.91. The molecule has 126 valence electrons. The highest BCUT2D eigenvalue weighted by Gasteiger charge is 2.18. The standard InChI is InChI=1S/C19H12N4O2S/c1-23-19(24)16-14(12-6-8-21-9-7-12)11-26-17(16)18(22-23)25-15-5-3-2-4-13(15)10-20/h2-9,11H,1H3. The van der Waals surface area contributed by atoms with Crippen LogP contribution in [0.25, 0.3) is 21.2 Å². The number of benzene rings is 1. The third-order valence-electron chi connectivity index (χ3n) is 3.94. The minimum Gasteiger partial charge on any atom is -0.435 e. The van der Waals surface area contributed by atoms with Crippen molar-refractivity contribution in [2.24, 2.45) is 7.05 Å². The van der Waals surface area contributed by atoms with Gasteiger partial charge in [-0.25, -0.2) is 4.68 Å². The molecule has 0 atom stereocenters. The summed E-state index contributed by atoms with van der Waals surface area (Å²) in [7, 11) is 1.58. The predicted molar refractivity (Wildman–Crippen MR) is 99.3 cm³/mol. The van der Waals surface area contributed by atoms with Crippen LogP contribution in [0, 0.1) is 11.3 Å². The first-order valence-electron chi connectivity index (χ1n) is 7.75. The molecule has 0 aliphatic heterocycles. The summed E-state index contributed by atoms with van der Waals surface area (Å²) in [5.41, 5.74) is 1.92. The molecular formula is C19H12N4O2S. The van der Waals surface area contributed by atoms with Crippen molar-refractivity contribution < 1.29 is 4.74 Å². The molecule has 0 amide bonds. The second-order valence-corrected chi connectivity index (χ2v) is 6.41. The maximum atomic E-state index is 12.7. The van der Waals surface area contributed by atoms with Crippen LogP contribution in [0.2, 0.25) is 0 Å². The van der Waals surface area contributed by atoms with Gasteiger partial charge in [0, 0.05) is 30.4 Å². The van der Waals surface area contributed by atoms with Crippen LogP contribution in [0.15, 0.2) is 59.0 Å². The fourth-order valence-corrected chi connectivity index (χ4v) is 3.67. The van der Waals surface area contributed by atoms with Crippen LogP contribution in [0.5, 0.6) is 11.6 Å². The Balaban J connectivity index is 1.93. The van der Waals surface area contributed by atoms with Crippen molar-refractivity contribution >= 4 is 21.4 Å². The smallest absolute Gasteiger partial charge is 0.276 e.